The van der Waals surface area contributed by atoms with E-state index in [0.29, 0.717) is 30.4 Å². The average Bonchev–Trinajstić information content (AvgIpc) is 2.60. The Morgan fingerprint density at radius 2 is 2.20 bits per heavy atom. The normalized spacial score (nSPS) is 33.3. The van der Waals surface area contributed by atoms with Gasteiger partial charge in [0.05, 0.1) is 18.3 Å². The molecule has 2 rings (SSSR count). The van der Waals surface area contributed by atoms with Crippen molar-refractivity contribution in [1.29, 1.82) is 0 Å². The maximum Gasteiger partial charge on any atom is 0.336 e. The van der Waals surface area contributed by atoms with Gasteiger partial charge >= 0.3 is 5.97 Å². The van der Waals surface area contributed by atoms with Crippen molar-refractivity contribution in [3.05, 3.63) is 23.3 Å². The van der Waals surface area contributed by atoms with Gasteiger partial charge in [-0.25, -0.2) is 4.79 Å². The third kappa shape index (κ3) is 2.69. The molecule has 0 bridgehead atoms. The number of esters is 1. The highest BCUT2D eigenvalue weighted by molar-refractivity contribution is 5.90. The highest BCUT2D eigenvalue weighted by Gasteiger charge is 2.44. The van der Waals surface area contributed by atoms with Crippen LogP contribution in [0.15, 0.2) is 23.3 Å². The number of aliphatic hydroxyl groups is 1. The highest BCUT2D eigenvalue weighted by Crippen LogP contribution is 2.53. The minimum atomic E-state index is -0.723. The van der Waals surface area contributed by atoms with E-state index < -0.39 is 6.10 Å². The van der Waals surface area contributed by atoms with Crippen LogP contribution in [0.3, 0.4) is 0 Å². The highest BCUT2D eigenvalue weighted by atomic mass is 16.5. The van der Waals surface area contributed by atoms with Gasteiger partial charge in [-0.3, -0.25) is 0 Å². The standard InChI is InChI=1S/C17H26O3/c1-5-20-16(19)13-6-7-14-12(11(2)3)8-9-17(14,4)10-15(13)18/h6-7,11-12,15,18H,5,8-10H2,1-4H3/t12-,15-,17-/m1/s1. The molecular formula is C17H26O3. The Labute approximate surface area is 121 Å². The number of aliphatic hydroxyl groups excluding tert-OH is 1. The van der Waals surface area contributed by atoms with Crippen LogP contribution in [0.2, 0.25) is 0 Å². The Morgan fingerprint density at radius 1 is 1.50 bits per heavy atom. The summed E-state index contributed by atoms with van der Waals surface area (Å²) in [6.07, 6.45) is 6.01. The second-order valence-electron chi connectivity index (χ2n) is 6.63. The first-order valence-corrected chi connectivity index (χ1v) is 7.66. The molecule has 1 saturated carbocycles. The van der Waals surface area contributed by atoms with Gasteiger partial charge in [0.1, 0.15) is 0 Å². The van der Waals surface area contributed by atoms with Gasteiger partial charge < -0.3 is 9.84 Å². The molecule has 2 aliphatic rings. The van der Waals surface area contributed by atoms with Crippen molar-refractivity contribution in [1.82, 2.24) is 0 Å². The van der Waals surface area contributed by atoms with Gasteiger partial charge in [0.25, 0.3) is 0 Å². The number of allylic oxidation sites excluding steroid dienone is 3. The molecule has 1 fully saturated rings. The molecule has 0 heterocycles. The molecule has 1 N–H and O–H groups in total. The molecule has 0 unspecified atom stereocenters. The summed E-state index contributed by atoms with van der Waals surface area (Å²) in [5.41, 5.74) is 1.81. The number of rotatable bonds is 3. The number of fused-ring (bicyclic) bond motifs is 1. The van der Waals surface area contributed by atoms with E-state index in [0.717, 1.165) is 6.42 Å². The number of ether oxygens (including phenoxy) is 1. The van der Waals surface area contributed by atoms with Crippen LogP contribution < -0.4 is 0 Å². The molecule has 0 radical (unpaired) electrons. The van der Waals surface area contributed by atoms with Crippen LogP contribution in [-0.4, -0.2) is 23.8 Å². The second kappa shape index (κ2) is 5.72. The van der Waals surface area contributed by atoms with Gasteiger partial charge in [-0.1, -0.05) is 32.4 Å². The predicted molar refractivity (Wildman–Crippen MR) is 79.1 cm³/mol. The van der Waals surface area contributed by atoms with Gasteiger partial charge in [-0.2, -0.15) is 0 Å². The van der Waals surface area contributed by atoms with Crippen molar-refractivity contribution < 1.29 is 14.6 Å². The quantitative estimate of drug-likeness (QED) is 0.806. The van der Waals surface area contributed by atoms with Crippen molar-refractivity contribution in [2.24, 2.45) is 17.3 Å². The van der Waals surface area contributed by atoms with E-state index >= 15 is 0 Å². The molecule has 0 amide bonds. The first-order chi connectivity index (χ1) is 9.39. The Morgan fingerprint density at radius 3 is 2.80 bits per heavy atom. The molecule has 0 spiro atoms. The van der Waals surface area contributed by atoms with Gasteiger partial charge in [-0.15, -0.1) is 0 Å². The summed E-state index contributed by atoms with van der Waals surface area (Å²) in [7, 11) is 0. The molecule has 3 heteroatoms. The van der Waals surface area contributed by atoms with Gasteiger partial charge in [0.15, 0.2) is 0 Å². The molecule has 0 aromatic carbocycles. The van der Waals surface area contributed by atoms with Crippen LogP contribution in [0.1, 0.15) is 47.0 Å². The molecule has 0 aromatic heterocycles. The number of hydrogen-bond acceptors (Lipinski definition) is 3. The lowest BCUT2D eigenvalue weighted by atomic mass is 9.76. The fourth-order valence-corrected chi connectivity index (χ4v) is 3.70. The number of carbonyl (C=O) groups is 1. The molecule has 2 aliphatic carbocycles. The molecule has 0 saturated heterocycles. The maximum absolute atomic E-state index is 11.9. The smallest absolute Gasteiger partial charge is 0.336 e. The summed E-state index contributed by atoms with van der Waals surface area (Å²) in [6, 6.07) is 0. The zero-order chi connectivity index (χ0) is 14.9. The van der Waals surface area contributed by atoms with Crippen LogP contribution in [0.25, 0.3) is 0 Å². The zero-order valence-electron chi connectivity index (χ0n) is 13.0. The molecule has 0 aliphatic heterocycles. The van der Waals surface area contributed by atoms with Crippen molar-refractivity contribution in [2.75, 3.05) is 6.61 Å². The lowest BCUT2D eigenvalue weighted by molar-refractivity contribution is -0.139. The minimum absolute atomic E-state index is 0.0130. The molecule has 3 atom stereocenters. The summed E-state index contributed by atoms with van der Waals surface area (Å²) < 4.78 is 5.04. The van der Waals surface area contributed by atoms with Crippen LogP contribution in [-0.2, 0) is 9.53 Å². The maximum atomic E-state index is 11.9. The van der Waals surface area contributed by atoms with Crippen molar-refractivity contribution in [2.45, 2.75) is 53.1 Å². The second-order valence-corrected chi connectivity index (χ2v) is 6.63. The Hall–Kier alpha value is -1.09. The summed E-state index contributed by atoms with van der Waals surface area (Å²) in [4.78, 5) is 11.9. The molecule has 20 heavy (non-hydrogen) atoms. The van der Waals surface area contributed by atoms with Gasteiger partial charge in [-0.05, 0) is 49.5 Å². The van der Waals surface area contributed by atoms with Crippen LogP contribution >= 0.6 is 0 Å². The van der Waals surface area contributed by atoms with E-state index in [-0.39, 0.29) is 11.4 Å². The van der Waals surface area contributed by atoms with Crippen molar-refractivity contribution in [3.8, 4) is 0 Å². The summed E-state index contributed by atoms with van der Waals surface area (Å²) >= 11 is 0. The number of carbonyl (C=O) groups excluding carboxylic acids is 1. The van der Waals surface area contributed by atoms with E-state index in [1.54, 1.807) is 13.0 Å². The fraction of sp³-hybridized carbons (Fsp3) is 0.706. The van der Waals surface area contributed by atoms with Gasteiger partial charge in [0, 0.05) is 0 Å². The lowest BCUT2D eigenvalue weighted by Gasteiger charge is -2.30. The Kier molecular flexibility index (Phi) is 4.38. The van der Waals surface area contributed by atoms with E-state index in [1.165, 1.54) is 12.0 Å². The molecule has 0 aromatic rings. The van der Waals surface area contributed by atoms with Gasteiger partial charge in [0.2, 0.25) is 0 Å². The third-order valence-corrected chi connectivity index (χ3v) is 4.86. The fourth-order valence-electron chi connectivity index (χ4n) is 3.70. The van der Waals surface area contributed by atoms with Crippen LogP contribution in [0.5, 0.6) is 0 Å². The average molecular weight is 278 g/mol. The van der Waals surface area contributed by atoms with E-state index in [9.17, 15) is 9.90 Å². The number of hydrogen-bond donors (Lipinski definition) is 1. The monoisotopic (exact) mass is 278 g/mol. The summed E-state index contributed by atoms with van der Waals surface area (Å²) in [5, 5.41) is 10.4. The van der Waals surface area contributed by atoms with E-state index in [1.807, 2.05) is 0 Å². The molecular weight excluding hydrogens is 252 g/mol. The van der Waals surface area contributed by atoms with Crippen molar-refractivity contribution in [3.63, 3.8) is 0 Å². The van der Waals surface area contributed by atoms with Crippen LogP contribution in [0.4, 0.5) is 0 Å². The largest absolute Gasteiger partial charge is 0.463 e. The molecule has 112 valence electrons. The zero-order valence-corrected chi connectivity index (χ0v) is 13.0. The predicted octanol–water partition coefficient (Wildman–Crippen LogP) is 3.24. The third-order valence-electron chi connectivity index (χ3n) is 4.86. The Bertz CT molecular complexity index is 447. The first-order valence-electron chi connectivity index (χ1n) is 7.66. The van der Waals surface area contributed by atoms with Crippen molar-refractivity contribution >= 4 is 5.97 Å². The summed E-state index contributed by atoms with van der Waals surface area (Å²) in [5.74, 6) is 0.768. The van der Waals surface area contributed by atoms with E-state index in [2.05, 4.69) is 26.8 Å². The summed E-state index contributed by atoms with van der Waals surface area (Å²) in [6.45, 7) is 8.83. The van der Waals surface area contributed by atoms with Crippen LogP contribution in [0, 0.1) is 17.3 Å². The molecule has 3 nitrogen and oxygen atoms in total. The van der Waals surface area contributed by atoms with E-state index in [4.69, 9.17) is 4.74 Å². The minimum Gasteiger partial charge on any atom is -0.463 e. The Balaban J connectivity index is 2.32. The lowest BCUT2D eigenvalue weighted by Crippen LogP contribution is -2.27. The topological polar surface area (TPSA) is 46.5 Å². The first kappa shape index (κ1) is 15.3. The SMILES string of the molecule is CCOC(=O)C1=CC=C2[C@@H](C(C)C)CC[C@]2(C)C[C@H]1O.